The topological polar surface area (TPSA) is 295 Å². The molecule has 18 nitrogen and oxygen atoms in total. The van der Waals surface area contributed by atoms with E-state index in [2.05, 4.69) is 0 Å². The standard InChI is InChI=1S/C36H38O18/c37-13-25-29(46)31(48)34(35(51-25)50-24-12-19-21(42)10-18(40)11-23(19)49-32(24)16-3-5-17(39)6-4-16)54-36-33(30(47)28(45)26(14-38)52-36)53-27(44)8-2-15-1-7-20(41)22(43)9-15/h1-12,25-26,28-43,45-48H,13-14H2/b8-2+/t25-,26+,28+,29-,30-,31-,32?,33+,34+,35+,36-/m0/s1. The van der Waals surface area contributed by atoms with Gasteiger partial charge in [0.1, 0.15) is 65.4 Å². The maximum Gasteiger partial charge on any atom is 0.331 e. The Bertz CT molecular complexity index is 1860. The number of aliphatic hydroxyl groups is 6. The van der Waals surface area contributed by atoms with Gasteiger partial charge in [-0.15, -0.1) is 0 Å². The lowest BCUT2D eigenvalue weighted by Gasteiger charge is -2.46. The molecule has 6 rings (SSSR count). The second kappa shape index (κ2) is 16.1. The number of phenols is 5. The first-order chi connectivity index (χ1) is 25.8. The number of aromatic hydroxyl groups is 5. The highest BCUT2D eigenvalue weighted by Crippen LogP contribution is 2.45. The van der Waals surface area contributed by atoms with Crippen LogP contribution in [0.4, 0.5) is 0 Å². The summed E-state index contributed by atoms with van der Waals surface area (Å²) in [6.07, 6.45) is -15.5. The van der Waals surface area contributed by atoms with E-state index in [-0.39, 0.29) is 34.1 Å². The van der Waals surface area contributed by atoms with Crippen LogP contribution >= 0.6 is 0 Å². The van der Waals surface area contributed by atoms with E-state index in [0.29, 0.717) is 5.56 Å². The van der Waals surface area contributed by atoms with Gasteiger partial charge in [-0.25, -0.2) is 4.79 Å². The molecule has 2 fully saturated rings. The summed E-state index contributed by atoms with van der Waals surface area (Å²) in [5.74, 6) is -2.83. The Hall–Kier alpha value is -5.15. The number of fused-ring (bicyclic) bond motifs is 1. The minimum absolute atomic E-state index is 0.0399. The van der Waals surface area contributed by atoms with Gasteiger partial charge in [0.25, 0.3) is 0 Å². The van der Waals surface area contributed by atoms with Crippen molar-refractivity contribution in [1.29, 1.82) is 0 Å². The molecule has 0 spiro atoms. The Morgan fingerprint density at radius 2 is 1.35 bits per heavy atom. The lowest BCUT2D eigenvalue weighted by molar-refractivity contribution is -0.364. The molecular weight excluding hydrogens is 720 g/mol. The predicted molar refractivity (Wildman–Crippen MR) is 179 cm³/mol. The Morgan fingerprint density at radius 1 is 0.704 bits per heavy atom. The van der Waals surface area contributed by atoms with E-state index >= 15 is 0 Å². The summed E-state index contributed by atoms with van der Waals surface area (Å²) < 4.78 is 35.1. The molecule has 3 aliphatic heterocycles. The third kappa shape index (κ3) is 8.02. The first-order valence-electron chi connectivity index (χ1n) is 16.5. The average molecular weight is 759 g/mol. The molecule has 290 valence electrons. The molecule has 3 aromatic carbocycles. The Kier molecular flexibility index (Phi) is 11.5. The number of esters is 1. The quantitative estimate of drug-likeness (QED) is 0.0712. The van der Waals surface area contributed by atoms with E-state index in [4.69, 9.17) is 28.4 Å². The first kappa shape index (κ1) is 38.6. The summed E-state index contributed by atoms with van der Waals surface area (Å²) in [7, 11) is 0. The maximum absolute atomic E-state index is 12.9. The summed E-state index contributed by atoms with van der Waals surface area (Å²) in [6.45, 7) is -1.66. The highest BCUT2D eigenvalue weighted by molar-refractivity contribution is 5.87. The number of carbonyl (C=O) groups is 1. The van der Waals surface area contributed by atoms with Crippen LogP contribution in [0.25, 0.3) is 12.2 Å². The van der Waals surface area contributed by atoms with Crippen LogP contribution in [-0.4, -0.2) is 137 Å². The number of ether oxygens (including phenoxy) is 6. The Labute approximate surface area is 305 Å². The lowest BCUT2D eigenvalue weighted by Crippen LogP contribution is -2.65. The fourth-order valence-corrected chi connectivity index (χ4v) is 6.08. The van der Waals surface area contributed by atoms with Crippen LogP contribution in [0, 0.1) is 0 Å². The number of hydrogen-bond donors (Lipinski definition) is 11. The van der Waals surface area contributed by atoms with E-state index in [1.807, 2.05) is 0 Å². The van der Waals surface area contributed by atoms with Crippen molar-refractivity contribution in [3.63, 3.8) is 0 Å². The third-order valence-electron chi connectivity index (χ3n) is 8.95. The molecule has 11 N–H and O–H groups in total. The van der Waals surface area contributed by atoms with Crippen molar-refractivity contribution in [3.05, 3.63) is 83.1 Å². The highest BCUT2D eigenvalue weighted by atomic mass is 16.8. The van der Waals surface area contributed by atoms with Crippen LogP contribution in [0.1, 0.15) is 22.8 Å². The fourth-order valence-electron chi connectivity index (χ4n) is 6.08. The van der Waals surface area contributed by atoms with E-state index in [1.165, 1.54) is 54.6 Å². The van der Waals surface area contributed by atoms with Gasteiger partial charge in [0.05, 0.1) is 18.8 Å². The molecule has 3 aromatic rings. The summed E-state index contributed by atoms with van der Waals surface area (Å²) in [5.41, 5.74) is 0.720. The van der Waals surface area contributed by atoms with E-state index in [0.717, 1.165) is 18.2 Å². The molecule has 3 heterocycles. The molecule has 0 saturated carbocycles. The fraction of sp³-hybridized carbons (Fsp3) is 0.361. The number of aliphatic hydroxyl groups excluding tert-OH is 6. The molecule has 0 aliphatic carbocycles. The highest BCUT2D eigenvalue weighted by Gasteiger charge is 2.53. The van der Waals surface area contributed by atoms with Gasteiger partial charge in [-0.2, -0.15) is 0 Å². The van der Waals surface area contributed by atoms with Crippen molar-refractivity contribution in [1.82, 2.24) is 0 Å². The van der Waals surface area contributed by atoms with Crippen molar-refractivity contribution < 1.29 is 89.4 Å². The van der Waals surface area contributed by atoms with Gasteiger partial charge in [-0.05, 0) is 42.0 Å². The molecule has 18 heteroatoms. The van der Waals surface area contributed by atoms with Crippen LogP contribution in [0.2, 0.25) is 0 Å². The second-order valence-electron chi connectivity index (χ2n) is 12.6. The van der Waals surface area contributed by atoms with Crippen LogP contribution in [0.15, 0.2) is 66.4 Å². The number of phenolic OH excluding ortho intramolecular Hbond substituents is 5. The van der Waals surface area contributed by atoms with Crippen LogP contribution in [0.3, 0.4) is 0 Å². The summed E-state index contributed by atoms with van der Waals surface area (Å²) in [4.78, 5) is 12.9. The molecule has 54 heavy (non-hydrogen) atoms. The van der Waals surface area contributed by atoms with Crippen molar-refractivity contribution in [2.24, 2.45) is 0 Å². The van der Waals surface area contributed by atoms with E-state index in [1.54, 1.807) is 0 Å². The van der Waals surface area contributed by atoms with E-state index < -0.39 is 104 Å². The zero-order chi connectivity index (χ0) is 38.8. The normalized spacial score (nSPS) is 30.9. The molecular formula is C36H38O18. The van der Waals surface area contributed by atoms with Crippen molar-refractivity contribution in [3.8, 4) is 34.5 Å². The average Bonchev–Trinajstić information content (AvgIpc) is 3.14. The lowest BCUT2D eigenvalue weighted by atomic mass is 9.97. The predicted octanol–water partition coefficient (Wildman–Crippen LogP) is -0.406. The first-order valence-corrected chi connectivity index (χ1v) is 16.5. The number of benzene rings is 3. The largest absolute Gasteiger partial charge is 0.508 e. The summed E-state index contributed by atoms with van der Waals surface area (Å²) in [6, 6.07) is 11.7. The van der Waals surface area contributed by atoms with Crippen molar-refractivity contribution in [2.75, 3.05) is 13.2 Å². The van der Waals surface area contributed by atoms with Gasteiger partial charge in [-0.3, -0.25) is 0 Å². The van der Waals surface area contributed by atoms with Crippen LogP contribution in [-0.2, 0) is 28.5 Å². The second-order valence-corrected chi connectivity index (χ2v) is 12.6. The third-order valence-corrected chi connectivity index (χ3v) is 8.95. The number of hydrogen-bond acceptors (Lipinski definition) is 18. The zero-order valence-electron chi connectivity index (χ0n) is 28.0. The van der Waals surface area contributed by atoms with Gasteiger partial charge >= 0.3 is 5.97 Å². The van der Waals surface area contributed by atoms with Crippen molar-refractivity contribution in [2.45, 2.75) is 67.5 Å². The van der Waals surface area contributed by atoms with Crippen molar-refractivity contribution >= 4 is 18.1 Å². The smallest absolute Gasteiger partial charge is 0.331 e. The number of rotatable bonds is 10. The number of carbonyl (C=O) groups excluding carboxylic acids is 1. The molecule has 0 amide bonds. The monoisotopic (exact) mass is 758 g/mol. The Balaban J connectivity index is 1.32. The molecule has 3 aliphatic rings. The van der Waals surface area contributed by atoms with Crippen LogP contribution in [0.5, 0.6) is 34.5 Å². The van der Waals surface area contributed by atoms with Gasteiger partial charge in [0.2, 0.25) is 6.29 Å². The summed E-state index contributed by atoms with van der Waals surface area (Å²) >= 11 is 0. The molecule has 1 unspecified atom stereocenters. The molecule has 0 radical (unpaired) electrons. The molecule has 0 aromatic heterocycles. The SMILES string of the molecule is O=C(/C=C/c1ccc(O)c(O)c1)O[C@H]1[C@H](O[C@H]2[C@H](OC3=Cc4c(O)cc(O)cc4OC3c3ccc(O)cc3)O[C@@H](CO)[C@H](O)[C@@H]2O)O[C@H](CO)[C@@H](O)[C@@H]1O. The van der Waals surface area contributed by atoms with Crippen LogP contribution < -0.4 is 4.74 Å². The molecule has 2 saturated heterocycles. The molecule has 11 atom stereocenters. The van der Waals surface area contributed by atoms with Gasteiger partial charge in [-0.1, -0.05) is 18.2 Å². The zero-order valence-corrected chi connectivity index (χ0v) is 28.0. The maximum atomic E-state index is 12.9. The van der Waals surface area contributed by atoms with E-state index in [9.17, 15) is 61.0 Å². The van der Waals surface area contributed by atoms with Gasteiger partial charge in [0.15, 0.2) is 36.1 Å². The Morgan fingerprint density at radius 3 is 2.00 bits per heavy atom. The van der Waals surface area contributed by atoms with Gasteiger partial charge in [0, 0.05) is 23.8 Å². The van der Waals surface area contributed by atoms with Gasteiger partial charge < -0.3 is 84.6 Å². The minimum Gasteiger partial charge on any atom is -0.508 e. The molecule has 0 bridgehead atoms. The minimum atomic E-state index is -1.95. The summed E-state index contributed by atoms with van der Waals surface area (Å²) in [5, 5.41) is 114.